The first-order valence-corrected chi connectivity index (χ1v) is 7.77. The molecule has 0 bridgehead atoms. The molecular formula is C20H16N2O. The van der Waals surface area contributed by atoms with Gasteiger partial charge in [-0.15, -0.1) is 0 Å². The van der Waals surface area contributed by atoms with Crippen LogP contribution in [0.2, 0.25) is 0 Å². The van der Waals surface area contributed by atoms with Crippen molar-refractivity contribution < 1.29 is 0 Å². The summed E-state index contributed by atoms with van der Waals surface area (Å²) in [4.78, 5) is 20.0. The zero-order valence-electron chi connectivity index (χ0n) is 12.6. The van der Waals surface area contributed by atoms with Gasteiger partial charge in [0, 0.05) is 5.56 Å². The van der Waals surface area contributed by atoms with E-state index in [4.69, 9.17) is 4.98 Å². The fraction of sp³-hybridized carbons (Fsp3) is 0.100. The molecule has 1 heterocycles. The van der Waals surface area contributed by atoms with E-state index in [2.05, 4.69) is 23.2 Å². The third-order valence-corrected chi connectivity index (χ3v) is 4.13. The summed E-state index contributed by atoms with van der Waals surface area (Å²) in [6.07, 6.45) is 5.65. The molecule has 23 heavy (non-hydrogen) atoms. The molecule has 112 valence electrons. The van der Waals surface area contributed by atoms with Crippen molar-refractivity contribution in [1.82, 2.24) is 9.97 Å². The maximum absolute atomic E-state index is 12.4. The highest BCUT2D eigenvalue weighted by Gasteiger charge is 2.15. The van der Waals surface area contributed by atoms with E-state index in [0.717, 1.165) is 35.2 Å². The van der Waals surface area contributed by atoms with Crippen LogP contribution in [0.25, 0.3) is 28.6 Å². The van der Waals surface area contributed by atoms with Crippen molar-refractivity contribution in [1.29, 1.82) is 0 Å². The predicted molar refractivity (Wildman–Crippen MR) is 93.1 cm³/mol. The van der Waals surface area contributed by atoms with Crippen molar-refractivity contribution in [3.63, 3.8) is 0 Å². The number of aromatic amines is 1. The van der Waals surface area contributed by atoms with Crippen molar-refractivity contribution in [3.05, 3.63) is 82.3 Å². The predicted octanol–water partition coefficient (Wildman–Crippen LogP) is 4.06. The molecule has 4 rings (SSSR count). The molecular weight excluding hydrogens is 284 g/mol. The van der Waals surface area contributed by atoms with Gasteiger partial charge in [-0.25, -0.2) is 4.98 Å². The number of hydrogen-bond donors (Lipinski definition) is 1. The monoisotopic (exact) mass is 300 g/mol. The van der Waals surface area contributed by atoms with Crippen LogP contribution in [0, 0.1) is 0 Å². The van der Waals surface area contributed by atoms with Gasteiger partial charge in [-0.1, -0.05) is 66.7 Å². The minimum absolute atomic E-state index is 0.0659. The van der Waals surface area contributed by atoms with Gasteiger partial charge in [-0.3, -0.25) is 4.79 Å². The molecule has 0 amide bonds. The summed E-state index contributed by atoms with van der Waals surface area (Å²) in [6, 6.07) is 18.2. The van der Waals surface area contributed by atoms with E-state index in [1.807, 2.05) is 48.6 Å². The van der Waals surface area contributed by atoms with E-state index in [9.17, 15) is 4.79 Å². The molecule has 0 saturated heterocycles. The van der Waals surface area contributed by atoms with Gasteiger partial charge in [-0.05, 0) is 24.0 Å². The first-order chi connectivity index (χ1) is 11.3. The van der Waals surface area contributed by atoms with Gasteiger partial charge in [0.2, 0.25) is 0 Å². The fourth-order valence-electron chi connectivity index (χ4n) is 3.00. The lowest BCUT2D eigenvalue weighted by Gasteiger charge is -2.13. The Hall–Kier alpha value is -2.94. The van der Waals surface area contributed by atoms with Gasteiger partial charge in [0.15, 0.2) is 0 Å². The second-order valence-electron chi connectivity index (χ2n) is 5.63. The van der Waals surface area contributed by atoms with Gasteiger partial charge in [-0.2, -0.15) is 0 Å². The van der Waals surface area contributed by atoms with Crippen LogP contribution in [-0.2, 0) is 6.42 Å². The number of H-pyrrole nitrogens is 1. The number of benzene rings is 2. The second-order valence-corrected chi connectivity index (χ2v) is 5.63. The lowest BCUT2D eigenvalue weighted by molar-refractivity contribution is 0.902. The lowest BCUT2D eigenvalue weighted by atomic mass is 9.98. The fourth-order valence-corrected chi connectivity index (χ4v) is 3.00. The molecule has 3 heteroatoms. The summed E-state index contributed by atoms with van der Waals surface area (Å²) >= 11 is 0. The molecule has 1 N–H and O–H groups in total. The van der Waals surface area contributed by atoms with Crippen molar-refractivity contribution in [3.8, 4) is 22.5 Å². The molecule has 0 atom stereocenters. The van der Waals surface area contributed by atoms with E-state index in [1.54, 1.807) is 0 Å². The Bertz CT molecular complexity index is 939. The van der Waals surface area contributed by atoms with E-state index in [-0.39, 0.29) is 5.56 Å². The first kappa shape index (κ1) is 13.7. The summed E-state index contributed by atoms with van der Waals surface area (Å²) in [7, 11) is 0. The first-order valence-electron chi connectivity index (χ1n) is 7.77. The maximum Gasteiger partial charge on any atom is 0.258 e. The summed E-state index contributed by atoms with van der Waals surface area (Å²) in [5.74, 6) is 0.642. The largest absolute Gasteiger partial charge is 0.306 e. The Morgan fingerprint density at radius 1 is 0.913 bits per heavy atom. The molecule has 0 aliphatic heterocycles. The van der Waals surface area contributed by atoms with Gasteiger partial charge >= 0.3 is 0 Å². The number of fused-ring (bicyclic) bond motifs is 1. The highest BCUT2D eigenvalue weighted by Crippen LogP contribution is 2.30. The minimum atomic E-state index is -0.0659. The standard InChI is InChI=1S/C20H16N2O/c23-20-17-12-6-7-13-18(17)21-19(22-20)16-11-5-4-10-15(16)14-8-2-1-3-9-14/h1-6,8-12H,7,13H2,(H,21,22,23). The number of aromatic nitrogens is 2. The normalized spacial score (nSPS) is 12.9. The third-order valence-electron chi connectivity index (χ3n) is 4.13. The number of hydrogen-bond acceptors (Lipinski definition) is 2. The van der Waals surface area contributed by atoms with E-state index in [1.165, 1.54) is 0 Å². The molecule has 1 aliphatic carbocycles. The molecule has 1 aliphatic rings. The quantitative estimate of drug-likeness (QED) is 0.775. The van der Waals surface area contributed by atoms with Crippen LogP contribution >= 0.6 is 0 Å². The Labute approximate surface area is 134 Å². The van der Waals surface area contributed by atoms with Crippen LogP contribution in [0.3, 0.4) is 0 Å². The van der Waals surface area contributed by atoms with Gasteiger partial charge in [0.1, 0.15) is 5.82 Å². The maximum atomic E-state index is 12.4. The van der Waals surface area contributed by atoms with Crippen molar-refractivity contribution >= 4 is 6.08 Å². The Morgan fingerprint density at radius 3 is 2.48 bits per heavy atom. The average Bonchev–Trinajstić information content (AvgIpc) is 2.62. The molecule has 0 saturated carbocycles. The minimum Gasteiger partial charge on any atom is -0.306 e. The van der Waals surface area contributed by atoms with Crippen LogP contribution in [0.5, 0.6) is 0 Å². The Kier molecular flexibility index (Phi) is 3.39. The number of rotatable bonds is 2. The highest BCUT2D eigenvalue weighted by atomic mass is 16.1. The van der Waals surface area contributed by atoms with E-state index < -0.39 is 0 Å². The van der Waals surface area contributed by atoms with Gasteiger partial charge in [0.05, 0.1) is 11.3 Å². The van der Waals surface area contributed by atoms with Crippen LogP contribution in [-0.4, -0.2) is 9.97 Å². The topological polar surface area (TPSA) is 45.8 Å². The number of allylic oxidation sites excluding steroid dienone is 1. The molecule has 0 fully saturated rings. The summed E-state index contributed by atoms with van der Waals surface area (Å²) in [5, 5.41) is 0. The van der Waals surface area contributed by atoms with Crippen LogP contribution < -0.4 is 5.56 Å². The highest BCUT2D eigenvalue weighted by molar-refractivity contribution is 5.80. The summed E-state index contributed by atoms with van der Waals surface area (Å²) in [6.45, 7) is 0. The smallest absolute Gasteiger partial charge is 0.258 e. The zero-order chi connectivity index (χ0) is 15.6. The van der Waals surface area contributed by atoms with Crippen molar-refractivity contribution in [2.24, 2.45) is 0 Å². The second kappa shape index (κ2) is 5.69. The molecule has 0 unspecified atom stereocenters. The molecule has 2 aromatic carbocycles. The van der Waals surface area contributed by atoms with Gasteiger partial charge in [0.25, 0.3) is 5.56 Å². The SMILES string of the molecule is O=c1[nH]c(-c2ccccc2-c2ccccc2)nc2c1C=CCC2. The van der Waals surface area contributed by atoms with Crippen LogP contribution in [0.1, 0.15) is 17.7 Å². The Morgan fingerprint density at radius 2 is 1.65 bits per heavy atom. The number of nitrogens with zero attached hydrogens (tertiary/aromatic N) is 1. The molecule has 3 aromatic rings. The average molecular weight is 300 g/mol. The molecule has 3 nitrogen and oxygen atoms in total. The van der Waals surface area contributed by atoms with E-state index >= 15 is 0 Å². The van der Waals surface area contributed by atoms with Gasteiger partial charge < -0.3 is 4.98 Å². The molecule has 1 aromatic heterocycles. The number of aryl methyl sites for hydroxylation is 1. The molecule has 0 radical (unpaired) electrons. The van der Waals surface area contributed by atoms with Crippen LogP contribution in [0.4, 0.5) is 0 Å². The lowest BCUT2D eigenvalue weighted by Crippen LogP contribution is -2.17. The van der Waals surface area contributed by atoms with Crippen molar-refractivity contribution in [2.75, 3.05) is 0 Å². The molecule has 0 spiro atoms. The summed E-state index contributed by atoms with van der Waals surface area (Å²) in [5.41, 5.74) is 4.65. The van der Waals surface area contributed by atoms with Crippen molar-refractivity contribution in [2.45, 2.75) is 12.8 Å². The van der Waals surface area contributed by atoms with E-state index in [0.29, 0.717) is 11.4 Å². The summed E-state index contributed by atoms with van der Waals surface area (Å²) < 4.78 is 0. The zero-order valence-corrected chi connectivity index (χ0v) is 12.6. The Balaban J connectivity index is 1.91. The number of nitrogens with one attached hydrogen (secondary N) is 1. The third kappa shape index (κ3) is 2.50. The van der Waals surface area contributed by atoms with Crippen LogP contribution in [0.15, 0.2) is 65.5 Å².